The van der Waals surface area contributed by atoms with Crippen LogP contribution in [-0.4, -0.2) is 5.11 Å². The van der Waals surface area contributed by atoms with Crippen LogP contribution in [0.4, 0.5) is 0 Å². The highest BCUT2D eigenvalue weighted by molar-refractivity contribution is 5.87. The summed E-state index contributed by atoms with van der Waals surface area (Å²) in [5.74, 6) is 1.12. The van der Waals surface area contributed by atoms with Gasteiger partial charge in [0.25, 0.3) is 0 Å². The smallest absolute Gasteiger partial charge is 0.180 e. The van der Waals surface area contributed by atoms with Crippen LogP contribution in [0.1, 0.15) is 17.4 Å². The van der Waals surface area contributed by atoms with Crippen LogP contribution in [0.15, 0.2) is 60.7 Å². The number of aromatic hydroxyl groups is 1. The van der Waals surface area contributed by atoms with Crippen LogP contribution in [-0.2, 0) is 6.54 Å². The van der Waals surface area contributed by atoms with E-state index in [2.05, 4.69) is 23.5 Å². The first-order valence-electron chi connectivity index (χ1n) is 7.01. The van der Waals surface area contributed by atoms with Gasteiger partial charge in [-0.3, -0.25) is 5.32 Å². The summed E-state index contributed by atoms with van der Waals surface area (Å²) in [7, 11) is 0. The third-order valence-corrected chi connectivity index (χ3v) is 3.93. The van der Waals surface area contributed by atoms with Gasteiger partial charge in [0.05, 0.1) is 0 Å². The highest BCUT2D eigenvalue weighted by Gasteiger charge is 2.23. The Kier molecular flexibility index (Phi) is 2.79. The Morgan fingerprint density at radius 2 is 1.76 bits per heavy atom. The van der Waals surface area contributed by atoms with E-state index in [1.54, 1.807) is 6.07 Å². The van der Waals surface area contributed by atoms with E-state index in [0.29, 0.717) is 0 Å². The van der Waals surface area contributed by atoms with Crippen molar-refractivity contribution in [2.24, 2.45) is 0 Å². The van der Waals surface area contributed by atoms with Crippen molar-refractivity contribution in [3.63, 3.8) is 0 Å². The molecule has 2 N–H and O–H groups in total. The average Bonchev–Trinajstić information content (AvgIpc) is 2.54. The summed E-state index contributed by atoms with van der Waals surface area (Å²) in [6.07, 6.45) is -0.320. The second-order valence-corrected chi connectivity index (χ2v) is 5.20. The second-order valence-electron chi connectivity index (χ2n) is 5.20. The summed E-state index contributed by atoms with van der Waals surface area (Å²) in [4.78, 5) is 0. The third-order valence-electron chi connectivity index (χ3n) is 3.93. The minimum absolute atomic E-state index is 0.249. The molecule has 0 fully saturated rings. The highest BCUT2D eigenvalue weighted by atomic mass is 16.5. The predicted molar refractivity (Wildman–Crippen MR) is 82.3 cm³/mol. The molecule has 21 heavy (non-hydrogen) atoms. The number of ether oxygens (including phenoxy) is 1. The van der Waals surface area contributed by atoms with E-state index >= 15 is 0 Å². The van der Waals surface area contributed by atoms with Gasteiger partial charge in [0, 0.05) is 17.7 Å². The topological polar surface area (TPSA) is 41.5 Å². The van der Waals surface area contributed by atoms with Gasteiger partial charge in [0.1, 0.15) is 11.5 Å². The van der Waals surface area contributed by atoms with E-state index in [-0.39, 0.29) is 12.0 Å². The van der Waals surface area contributed by atoms with Crippen LogP contribution in [0.5, 0.6) is 11.5 Å². The third kappa shape index (κ3) is 2.03. The maximum Gasteiger partial charge on any atom is 0.180 e. The molecule has 0 spiro atoms. The van der Waals surface area contributed by atoms with Crippen LogP contribution in [0.2, 0.25) is 0 Å². The first-order valence-corrected chi connectivity index (χ1v) is 7.01. The molecule has 104 valence electrons. The average molecular weight is 277 g/mol. The molecule has 0 aliphatic carbocycles. The molecule has 3 aromatic carbocycles. The fourth-order valence-corrected chi connectivity index (χ4v) is 2.85. The first-order chi connectivity index (χ1) is 10.3. The molecule has 0 aromatic heterocycles. The summed E-state index contributed by atoms with van der Waals surface area (Å²) >= 11 is 0. The lowest BCUT2D eigenvalue weighted by atomic mass is 10.0. The molecule has 4 rings (SSSR count). The summed E-state index contributed by atoms with van der Waals surface area (Å²) in [5.41, 5.74) is 1.93. The standard InChI is InChI=1S/C18H15NO2/c20-16-8-4-3-7-14(16)18-19-11-15-13-6-2-1-5-12(13)9-10-17(15)21-18/h1-10,18-20H,11H2. The number of hydrogen-bond acceptors (Lipinski definition) is 3. The van der Waals surface area contributed by atoms with Gasteiger partial charge in [-0.05, 0) is 22.9 Å². The van der Waals surface area contributed by atoms with Gasteiger partial charge in [-0.15, -0.1) is 0 Å². The number of fused-ring (bicyclic) bond motifs is 3. The van der Waals surface area contributed by atoms with E-state index in [9.17, 15) is 5.11 Å². The fraction of sp³-hybridized carbons (Fsp3) is 0.111. The van der Waals surface area contributed by atoms with Crippen molar-refractivity contribution in [1.29, 1.82) is 0 Å². The number of para-hydroxylation sites is 1. The Morgan fingerprint density at radius 3 is 2.67 bits per heavy atom. The zero-order valence-corrected chi connectivity index (χ0v) is 11.4. The van der Waals surface area contributed by atoms with Gasteiger partial charge in [0.2, 0.25) is 0 Å². The Morgan fingerprint density at radius 1 is 0.952 bits per heavy atom. The van der Waals surface area contributed by atoms with Crippen molar-refractivity contribution in [3.05, 3.63) is 71.8 Å². The molecule has 0 bridgehead atoms. The van der Waals surface area contributed by atoms with Gasteiger partial charge < -0.3 is 9.84 Å². The Labute approximate surface area is 122 Å². The molecule has 1 aliphatic rings. The van der Waals surface area contributed by atoms with E-state index in [4.69, 9.17) is 4.74 Å². The van der Waals surface area contributed by atoms with Crippen LogP contribution in [0.25, 0.3) is 10.8 Å². The SMILES string of the molecule is Oc1ccccc1C1NCc2c(ccc3ccccc23)O1. The van der Waals surface area contributed by atoms with Crippen molar-refractivity contribution in [3.8, 4) is 11.5 Å². The molecular weight excluding hydrogens is 262 g/mol. The molecule has 1 atom stereocenters. The van der Waals surface area contributed by atoms with Crippen molar-refractivity contribution < 1.29 is 9.84 Å². The minimum atomic E-state index is -0.320. The number of phenolic OH excluding ortho intramolecular Hbond substituents is 1. The number of rotatable bonds is 1. The second kappa shape index (κ2) is 4.79. The van der Waals surface area contributed by atoms with Gasteiger partial charge >= 0.3 is 0 Å². The number of benzene rings is 3. The minimum Gasteiger partial charge on any atom is -0.507 e. The van der Waals surface area contributed by atoms with Crippen molar-refractivity contribution in [1.82, 2.24) is 5.32 Å². The van der Waals surface area contributed by atoms with E-state index in [1.807, 2.05) is 36.4 Å². The normalized spacial score (nSPS) is 17.2. The number of nitrogens with one attached hydrogen (secondary N) is 1. The lowest BCUT2D eigenvalue weighted by Crippen LogP contribution is -2.30. The molecule has 3 aromatic rings. The van der Waals surface area contributed by atoms with Crippen molar-refractivity contribution >= 4 is 10.8 Å². The van der Waals surface area contributed by atoms with Gasteiger partial charge in [0.15, 0.2) is 6.23 Å². The monoisotopic (exact) mass is 277 g/mol. The molecule has 1 aliphatic heterocycles. The summed E-state index contributed by atoms with van der Waals surface area (Å²) in [5, 5.41) is 15.7. The molecule has 3 nitrogen and oxygen atoms in total. The first kappa shape index (κ1) is 12.2. The maximum absolute atomic E-state index is 9.96. The van der Waals surface area contributed by atoms with E-state index in [1.165, 1.54) is 16.3 Å². The summed E-state index contributed by atoms with van der Waals surface area (Å²) < 4.78 is 6.04. The highest BCUT2D eigenvalue weighted by Crippen LogP contribution is 2.36. The van der Waals surface area contributed by atoms with Crippen molar-refractivity contribution in [2.45, 2.75) is 12.8 Å². The fourth-order valence-electron chi connectivity index (χ4n) is 2.85. The molecule has 0 amide bonds. The zero-order valence-electron chi connectivity index (χ0n) is 11.4. The van der Waals surface area contributed by atoms with Gasteiger partial charge in [-0.2, -0.15) is 0 Å². The summed E-state index contributed by atoms with van der Waals surface area (Å²) in [6.45, 7) is 0.718. The number of phenols is 1. The van der Waals surface area contributed by atoms with Crippen LogP contribution >= 0.6 is 0 Å². The zero-order chi connectivity index (χ0) is 14.2. The maximum atomic E-state index is 9.96. The van der Waals surface area contributed by atoms with Gasteiger partial charge in [-0.25, -0.2) is 0 Å². The Hall–Kier alpha value is -2.52. The number of hydrogen-bond donors (Lipinski definition) is 2. The van der Waals surface area contributed by atoms with Crippen LogP contribution in [0.3, 0.4) is 0 Å². The predicted octanol–water partition coefficient (Wildman–Crippen LogP) is 3.73. The molecule has 0 radical (unpaired) electrons. The van der Waals surface area contributed by atoms with Crippen LogP contribution in [0, 0.1) is 0 Å². The molecule has 0 saturated heterocycles. The molecule has 3 heteroatoms. The lowest BCUT2D eigenvalue weighted by Gasteiger charge is -2.28. The molecule has 1 unspecified atom stereocenters. The Balaban J connectivity index is 1.76. The van der Waals surface area contributed by atoms with E-state index in [0.717, 1.165) is 17.9 Å². The van der Waals surface area contributed by atoms with Crippen LogP contribution < -0.4 is 10.1 Å². The molecule has 0 saturated carbocycles. The molecular formula is C18H15NO2. The lowest BCUT2D eigenvalue weighted by molar-refractivity contribution is 0.142. The quantitative estimate of drug-likeness (QED) is 0.712. The summed E-state index contributed by atoms with van der Waals surface area (Å²) in [6, 6.07) is 19.6. The van der Waals surface area contributed by atoms with Gasteiger partial charge in [-0.1, -0.05) is 48.5 Å². The molecule has 1 heterocycles. The van der Waals surface area contributed by atoms with Crippen molar-refractivity contribution in [2.75, 3.05) is 0 Å². The largest absolute Gasteiger partial charge is 0.507 e. The van der Waals surface area contributed by atoms with E-state index < -0.39 is 0 Å². The Bertz CT molecular complexity index is 813.